The second-order valence-corrected chi connectivity index (χ2v) is 8.31. The maximum Gasteiger partial charge on any atom is 0.416 e. The smallest absolute Gasteiger partial charge is 0.325 e. The highest BCUT2D eigenvalue weighted by Gasteiger charge is 2.30. The van der Waals surface area contributed by atoms with Gasteiger partial charge in [0.1, 0.15) is 0 Å². The third-order valence-corrected chi connectivity index (χ3v) is 5.70. The Hall–Kier alpha value is -2.92. The van der Waals surface area contributed by atoms with E-state index in [2.05, 4.69) is 20.8 Å². The molecule has 2 aromatic carbocycles. The van der Waals surface area contributed by atoms with Gasteiger partial charge >= 0.3 is 6.18 Å². The monoisotopic (exact) mass is 452 g/mol. The summed E-state index contributed by atoms with van der Waals surface area (Å²) in [6.07, 6.45) is -4.43. The second-order valence-electron chi connectivity index (χ2n) is 6.11. The highest BCUT2D eigenvalue weighted by Crippen LogP contribution is 2.30. The molecule has 0 atom stereocenters. The van der Waals surface area contributed by atoms with Gasteiger partial charge < -0.3 is 5.32 Å². The summed E-state index contributed by atoms with van der Waals surface area (Å²) in [6, 6.07) is 11.3. The number of thioether (sulfide) groups is 1. The zero-order valence-electron chi connectivity index (χ0n) is 15.5. The van der Waals surface area contributed by atoms with Crippen molar-refractivity contribution in [2.75, 3.05) is 16.4 Å². The maximum absolute atomic E-state index is 12.6. The Kier molecular flexibility index (Phi) is 6.73. The topological polar surface area (TPSA) is 84.0 Å². The van der Waals surface area contributed by atoms with Crippen LogP contribution in [0.3, 0.4) is 0 Å². The van der Waals surface area contributed by atoms with Crippen molar-refractivity contribution in [3.05, 3.63) is 65.2 Å². The number of aryl methyl sites for hydroxylation is 1. The predicted octanol–water partition coefficient (Wildman–Crippen LogP) is 4.85. The minimum Gasteiger partial charge on any atom is -0.325 e. The summed E-state index contributed by atoms with van der Waals surface area (Å²) in [7, 11) is 0. The molecule has 0 radical (unpaired) electrons. The molecule has 0 unspecified atom stereocenters. The highest BCUT2D eigenvalue weighted by molar-refractivity contribution is 8.01. The lowest BCUT2D eigenvalue weighted by Crippen LogP contribution is -2.14. The van der Waals surface area contributed by atoms with Crippen LogP contribution in [0, 0.1) is 6.92 Å². The number of benzene rings is 2. The van der Waals surface area contributed by atoms with Gasteiger partial charge in [0.2, 0.25) is 11.0 Å². The van der Waals surface area contributed by atoms with Gasteiger partial charge in [0, 0.05) is 11.3 Å². The van der Waals surface area contributed by atoms with Gasteiger partial charge in [0.15, 0.2) is 4.34 Å². The molecule has 0 saturated carbocycles. The number of carbonyl (C=O) groups is 2. The van der Waals surface area contributed by atoms with Crippen molar-refractivity contribution in [1.82, 2.24) is 10.2 Å². The molecule has 30 heavy (non-hydrogen) atoms. The van der Waals surface area contributed by atoms with Gasteiger partial charge in [-0.15, -0.1) is 10.2 Å². The first-order valence-electron chi connectivity index (χ1n) is 8.52. The fourth-order valence-electron chi connectivity index (χ4n) is 2.34. The number of alkyl halides is 3. The predicted molar refractivity (Wildman–Crippen MR) is 110 cm³/mol. The number of rotatable bonds is 6. The van der Waals surface area contributed by atoms with Crippen LogP contribution < -0.4 is 10.6 Å². The summed E-state index contributed by atoms with van der Waals surface area (Å²) in [5, 5.41) is 13.3. The van der Waals surface area contributed by atoms with Gasteiger partial charge in [0.05, 0.1) is 11.3 Å². The zero-order valence-corrected chi connectivity index (χ0v) is 17.1. The number of hydrogen-bond donors (Lipinski definition) is 2. The van der Waals surface area contributed by atoms with Crippen molar-refractivity contribution in [2.24, 2.45) is 0 Å². The Morgan fingerprint density at radius 1 is 1.07 bits per heavy atom. The lowest BCUT2D eigenvalue weighted by Gasteiger charge is -2.08. The van der Waals surface area contributed by atoms with Gasteiger partial charge in [-0.05, 0) is 43.3 Å². The molecule has 0 bridgehead atoms. The molecule has 1 heterocycles. The van der Waals surface area contributed by atoms with Gasteiger partial charge in [0.25, 0.3) is 5.91 Å². The molecule has 0 saturated heterocycles. The van der Waals surface area contributed by atoms with Crippen LogP contribution in [0.25, 0.3) is 0 Å². The molecule has 6 nitrogen and oxygen atoms in total. The molecule has 0 aliphatic heterocycles. The van der Waals surface area contributed by atoms with E-state index in [-0.39, 0.29) is 17.3 Å². The second kappa shape index (κ2) is 9.26. The fourth-order valence-corrected chi connectivity index (χ4v) is 3.89. The molecule has 0 aliphatic rings. The maximum atomic E-state index is 12.6. The number of nitrogens with zero attached hydrogens (tertiary/aromatic N) is 2. The molecular formula is C19H15F3N4O2S2. The van der Waals surface area contributed by atoms with E-state index in [9.17, 15) is 22.8 Å². The van der Waals surface area contributed by atoms with Crippen molar-refractivity contribution in [3.8, 4) is 0 Å². The molecule has 0 aliphatic carbocycles. The summed E-state index contributed by atoms with van der Waals surface area (Å²) < 4.78 is 38.1. The van der Waals surface area contributed by atoms with E-state index >= 15 is 0 Å². The number of nitrogens with one attached hydrogen (secondary N) is 2. The zero-order chi connectivity index (χ0) is 21.7. The van der Waals surface area contributed by atoms with Crippen LogP contribution in [-0.4, -0.2) is 27.8 Å². The number of anilines is 2. The third kappa shape index (κ3) is 6.04. The Labute approximate surface area is 177 Å². The summed E-state index contributed by atoms with van der Waals surface area (Å²) in [4.78, 5) is 24.2. The van der Waals surface area contributed by atoms with E-state index in [0.29, 0.717) is 15.0 Å². The first-order chi connectivity index (χ1) is 14.2. The van der Waals surface area contributed by atoms with E-state index in [0.717, 1.165) is 40.8 Å². The molecule has 3 rings (SSSR count). The van der Waals surface area contributed by atoms with Gasteiger partial charge in [-0.2, -0.15) is 13.2 Å². The Balaban J connectivity index is 1.50. The molecule has 3 aromatic rings. The quantitative estimate of drug-likeness (QED) is 0.413. The Morgan fingerprint density at radius 2 is 1.80 bits per heavy atom. The summed E-state index contributed by atoms with van der Waals surface area (Å²) in [5.74, 6) is -0.728. The van der Waals surface area contributed by atoms with Crippen LogP contribution in [-0.2, 0) is 11.0 Å². The van der Waals surface area contributed by atoms with Crippen molar-refractivity contribution in [3.63, 3.8) is 0 Å². The molecule has 156 valence electrons. The van der Waals surface area contributed by atoms with Crippen LogP contribution in [0.4, 0.5) is 24.0 Å². The molecule has 2 amide bonds. The van der Waals surface area contributed by atoms with E-state index in [4.69, 9.17) is 0 Å². The number of aromatic nitrogens is 2. The van der Waals surface area contributed by atoms with Crippen molar-refractivity contribution in [2.45, 2.75) is 17.4 Å². The summed E-state index contributed by atoms with van der Waals surface area (Å²) in [6.45, 7) is 1.88. The number of halogens is 3. The molecule has 1 aromatic heterocycles. The number of amides is 2. The minimum absolute atomic E-state index is 0.0124. The van der Waals surface area contributed by atoms with Crippen LogP contribution in [0.5, 0.6) is 0 Å². The van der Waals surface area contributed by atoms with Gasteiger partial charge in [-0.3, -0.25) is 14.9 Å². The first-order valence-corrected chi connectivity index (χ1v) is 10.3. The average Bonchev–Trinajstić information content (AvgIpc) is 3.13. The first kappa shape index (κ1) is 21.8. The van der Waals surface area contributed by atoms with Crippen molar-refractivity contribution >= 4 is 45.7 Å². The standard InChI is InChI=1S/C19H15F3N4O2S2/c1-11-3-2-4-12(9-11)16(28)24-17-25-26-18(30-17)29-10-15(27)23-14-7-5-13(6-8-14)19(20,21)22/h2-9H,10H2,1H3,(H,23,27)(H,24,25,28). The minimum atomic E-state index is -4.43. The largest absolute Gasteiger partial charge is 0.416 e. The average molecular weight is 452 g/mol. The lowest BCUT2D eigenvalue weighted by molar-refractivity contribution is -0.137. The molecule has 0 spiro atoms. The van der Waals surface area contributed by atoms with E-state index in [1.54, 1.807) is 18.2 Å². The summed E-state index contributed by atoms with van der Waals surface area (Å²) >= 11 is 2.22. The third-order valence-electron chi connectivity index (χ3n) is 3.73. The van der Waals surface area contributed by atoms with E-state index in [1.807, 2.05) is 13.0 Å². The lowest BCUT2D eigenvalue weighted by atomic mass is 10.1. The molecule has 11 heteroatoms. The Morgan fingerprint density at radius 3 is 2.47 bits per heavy atom. The van der Waals surface area contributed by atoms with Gasteiger partial charge in [-0.25, -0.2) is 0 Å². The number of hydrogen-bond acceptors (Lipinski definition) is 6. The van der Waals surface area contributed by atoms with Crippen molar-refractivity contribution in [1.29, 1.82) is 0 Å². The van der Waals surface area contributed by atoms with E-state index < -0.39 is 17.6 Å². The van der Waals surface area contributed by atoms with Crippen molar-refractivity contribution < 1.29 is 22.8 Å². The van der Waals surface area contributed by atoms with Crippen LogP contribution in [0.1, 0.15) is 21.5 Å². The van der Waals surface area contributed by atoms with Crippen LogP contribution in [0.2, 0.25) is 0 Å². The normalized spacial score (nSPS) is 11.2. The number of carbonyl (C=O) groups excluding carboxylic acids is 2. The van der Waals surface area contributed by atoms with Gasteiger partial charge in [-0.1, -0.05) is 40.8 Å². The molecule has 2 N–H and O–H groups in total. The molecule has 0 fully saturated rings. The molecular weight excluding hydrogens is 437 g/mol. The SMILES string of the molecule is Cc1cccc(C(=O)Nc2nnc(SCC(=O)Nc3ccc(C(F)(F)F)cc3)s2)c1. The van der Waals surface area contributed by atoms with Crippen LogP contribution >= 0.6 is 23.1 Å². The van der Waals surface area contributed by atoms with E-state index in [1.165, 1.54) is 12.1 Å². The Bertz CT molecular complexity index is 1050. The fraction of sp³-hybridized carbons (Fsp3) is 0.158. The summed E-state index contributed by atoms with van der Waals surface area (Å²) in [5.41, 5.74) is 0.923. The highest BCUT2D eigenvalue weighted by atomic mass is 32.2. The van der Waals surface area contributed by atoms with Crippen LogP contribution in [0.15, 0.2) is 52.9 Å².